The van der Waals surface area contributed by atoms with Gasteiger partial charge in [0.05, 0.1) is 18.2 Å². The smallest absolute Gasteiger partial charge is 0.226 e. The number of ether oxygens (including phenoxy) is 1. The molecule has 7 heteroatoms. The first-order valence-electron chi connectivity index (χ1n) is 8.65. The Morgan fingerprint density at radius 3 is 2.84 bits per heavy atom. The molecule has 4 nitrogen and oxygen atoms in total. The second-order valence-electron chi connectivity index (χ2n) is 7.19. The summed E-state index contributed by atoms with van der Waals surface area (Å²) in [6.45, 7) is 3.70. The number of rotatable bonds is 2. The van der Waals surface area contributed by atoms with Crippen molar-refractivity contribution in [1.29, 1.82) is 0 Å². The maximum atomic E-state index is 13.3. The molecule has 1 aromatic rings. The number of amides is 1. The quantitative estimate of drug-likeness (QED) is 0.845. The summed E-state index contributed by atoms with van der Waals surface area (Å²) < 4.78 is 19.1. The molecule has 1 amide bonds. The zero-order valence-corrected chi connectivity index (χ0v) is 15.5. The fraction of sp³-hybridized carbons (Fsp3) is 0.611. The van der Waals surface area contributed by atoms with E-state index < -0.39 is 5.82 Å². The zero-order valence-electron chi connectivity index (χ0n) is 14.0. The number of hydrogen-bond donors (Lipinski definition) is 1. The van der Waals surface area contributed by atoms with Crippen molar-refractivity contribution in [1.82, 2.24) is 10.2 Å². The maximum absolute atomic E-state index is 13.3. The highest BCUT2D eigenvalue weighted by atomic mass is 35.5. The average Bonchev–Trinajstić information content (AvgIpc) is 3.30. The lowest BCUT2D eigenvalue weighted by atomic mass is 9.91. The molecule has 25 heavy (non-hydrogen) atoms. The van der Waals surface area contributed by atoms with Gasteiger partial charge < -0.3 is 15.0 Å². The molecule has 2 saturated heterocycles. The first kappa shape index (κ1) is 18.9. The number of morpholine rings is 1. The van der Waals surface area contributed by atoms with Gasteiger partial charge in [-0.25, -0.2) is 4.39 Å². The van der Waals surface area contributed by atoms with Crippen LogP contribution in [-0.2, 0) is 9.53 Å². The molecule has 1 aromatic carbocycles. The van der Waals surface area contributed by atoms with Gasteiger partial charge in [0.1, 0.15) is 11.9 Å². The number of benzene rings is 1. The van der Waals surface area contributed by atoms with Crippen LogP contribution in [-0.4, -0.2) is 43.6 Å². The van der Waals surface area contributed by atoms with Crippen LogP contribution in [0.3, 0.4) is 0 Å². The fourth-order valence-electron chi connectivity index (χ4n) is 4.16. The van der Waals surface area contributed by atoms with Crippen LogP contribution < -0.4 is 5.32 Å². The number of piperidine rings is 1. The van der Waals surface area contributed by atoms with E-state index in [1.54, 1.807) is 12.1 Å². The number of carbonyl (C=O) groups excluding carboxylic acids is 1. The normalized spacial score (nSPS) is 27.7. The Morgan fingerprint density at radius 2 is 2.12 bits per heavy atom. The molecule has 138 valence electrons. The molecule has 2 aliphatic heterocycles. The molecule has 3 aliphatic rings. The van der Waals surface area contributed by atoms with Gasteiger partial charge in [0.2, 0.25) is 5.91 Å². The Balaban J connectivity index is 0.00000182. The third-order valence-electron chi connectivity index (χ3n) is 5.78. The van der Waals surface area contributed by atoms with Gasteiger partial charge in [-0.3, -0.25) is 4.79 Å². The van der Waals surface area contributed by atoms with Crippen molar-refractivity contribution in [2.75, 3.05) is 32.8 Å². The largest absolute Gasteiger partial charge is 0.370 e. The molecule has 0 bridgehead atoms. The minimum absolute atomic E-state index is 0. The summed E-state index contributed by atoms with van der Waals surface area (Å²) in [5.74, 6) is 0.00329. The molecule has 2 heterocycles. The first-order valence-corrected chi connectivity index (χ1v) is 9.03. The number of carbonyl (C=O) groups is 1. The number of hydrogen-bond acceptors (Lipinski definition) is 3. The monoisotopic (exact) mass is 388 g/mol. The molecule has 1 N–H and O–H groups in total. The molecule has 3 fully saturated rings. The fourth-order valence-corrected chi connectivity index (χ4v) is 4.35. The summed E-state index contributed by atoms with van der Waals surface area (Å²) in [6.07, 6.45) is 3.00. The van der Waals surface area contributed by atoms with Crippen molar-refractivity contribution in [3.8, 4) is 0 Å². The third kappa shape index (κ3) is 3.65. The van der Waals surface area contributed by atoms with Crippen LogP contribution in [0.5, 0.6) is 0 Å². The number of nitrogens with one attached hydrogen (secondary N) is 1. The van der Waals surface area contributed by atoms with Gasteiger partial charge >= 0.3 is 0 Å². The molecular formula is C18H23Cl2FN2O2. The van der Waals surface area contributed by atoms with Gasteiger partial charge in [-0.05, 0) is 55.5 Å². The van der Waals surface area contributed by atoms with E-state index >= 15 is 0 Å². The molecular weight excluding hydrogens is 366 g/mol. The lowest BCUT2D eigenvalue weighted by molar-refractivity contribution is -0.141. The topological polar surface area (TPSA) is 41.6 Å². The van der Waals surface area contributed by atoms with Crippen molar-refractivity contribution in [3.63, 3.8) is 0 Å². The highest BCUT2D eigenvalue weighted by Crippen LogP contribution is 2.59. The number of nitrogens with zero attached hydrogens (tertiary/aromatic N) is 1. The second kappa shape index (κ2) is 7.39. The average molecular weight is 389 g/mol. The summed E-state index contributed by atoms with van der Waals surface area (Å²) in [5, 5.41) is 3.46. The Morgan fingerprint density at radius 1 is 1.36 bits per heavy atom. The molecule has 1 spiro atoms. The predicted molar refractivity (Wildman–Crippen MR) is 96.6 cm³/mol. The van der Waals surface area contributed by atoms with E-state index in [9.17, 15) is 9.18 Å². The van der Waals surface area contributed by atoms with Crippen LogP contribution in [0.1, 0.15) is 30.9 Å². The van der Waals surface area contributed by atoms with Crippen LogP contribution in [0, 0.1) is 17.2 Å². The van der Waals surface area contributed by atoms with Crippen molar-refractivity contribution in [3.05, 3.63) is 34.6 Å². The third-order valence-corrected chi connectivity index (χ3v) is 6.07. The maximum Gasteiger partial charge on any atom is 0.226 e. The van der Waals surface area contributed by atoms with Crippen molar-refractivity contribution in [2.45, 2.75) is 25.4 Å². The van der Waals surface area contributed by atoms with E-state index in [4.69, 9.17) is 16.3 Å². The predicted octanol–water partition coefficient (Wildman–Crippen LogP) is 3.19. The van der Waals surface area contributed by atoms with Crippen LogP contribution in [0.2, 0.25) is 5.02 Å². The van der Waals surface area contributed by atoms with Crippen molar-refractivity contribution < 1.29 is 13.9 Å². The lowest BCUT2D eigenvalue weighted by Crippen LogP contribution is -2.44. The van der Waals surface area contributed by atoms with Gasteiger partial charge in [0.25, 0.3) is 0 Å². The van der Waals surface area contributed by atoms with Gasteiger partial charge in [0, 0.05) is 12.5 Å². The van der Waals surface area contributed by atoms with E-state index in [0.717, 1.165) is 37.9 Å². The van der Waals surface area contributed by atoms with Gasteiger partial charge in [0.15, 0.2) is 0 Å². The Hall–Kier alpha value is -0.880. The van der Waals surface area contributed by atoms with Crippen molar-refractivity contribution in [2.24, 2.45) is 11.3 Å². The molecule has 2 unspecified atom stereocenters. The van der Waals surface area contributed by atoms with E-state index in [0.29, 0.717) is 19.7 Å². The second-order valence-corrected chi connectivity index (χ2v) is 7.59. The zero-order chi connectivity index (χ0) is 16.7. The molecule has 4 rings (SSSR count). The van der Waals surface area contributed by atoms with Gasteiger partial charge in [-0.1, -0.05) is 17.7 Å². The van der Waals surface area contributed by atoms with E-state index in [1.165, 1.54) is 6.07 Å². The Bertz CT molecular complexity index is 652. The minimum Gasteiger partial charge on any atom is -0.370 e. The minimum atomic E-state index is -0.435. The summed E-state index contributed by atoms with van der Waals surface area (Å²) in [6, 6.07) is 4.64. The molecule has 0 aromatic heterocycles. The Labute approximate surface area is 158 Å². The highest BCUT2D eigenvalue weighted by molar-refractivity contribution is 6.30. The molecule has 0 radical (unpaired) electrons. The summed E-state index contributed by atoms with van der Waals surface area (Å²) >= 11 is 5.87. The van der Waals surface area contributed by atoms with Crippen LogP contribution in [0.15, 0.2) is 18.2 Å². The van der Waals surface area contributed by atoms with Crippen molar-refractivity contribution >= 4 is 29.9 Å². The summed E-state index contributed by atoms with van der Waals surface area (Å²) in [7, 11) is 0. The standard InChI is InChI=1S/C18H22ClFN2O2.ClH/c19-14-9-12(1-2-15(14)20)16-11-22(7-8-24-16)17(23)13-10-18(13)3-5-21-6-4-18;/h1-2,9,13,16,21H,3-8,10-11H2;1H. The highest BCUT2D eigenvalue weighted by Gasteiger charge is 2.58. The van der Waals surface area contributed by atoms with Crippen LogP contribution >= 0.6 is 24.0 Å². The van der Waals surface area contributed by atoms with E-state index in [-0.39, 0.29) is 40.8 Å². The first-order chi connectivity index (χ1) is 11.6. The van der Waals surface area contributed by atoms with E-state index in [2.05, 4.69) is 5.32 Å². The van der Waals surface area contributed by atoms with Gasteiger partial charge in [-0.2, -0.15) is 0 Å². The number of halogens is 3. The van der Waals surface area contributed by atoms with Crippen LogP contribution in [0.4, 0.5) is 4.39 Å². The summed E-state index contributed by atoms with van der Waals surface area (Å²) in [4.78, 5) is 14.8. The summed E-state index contributed by atoms with van der Waals surface area (Å²) in [5.41, 5.74) is 1.07. The SMILES string of the molecule is Cl.O=C(C1CC12CCNCC2)N1CCOC(c2ccc(F)c(Cl)c2)C1. The Kier molecular flexibility index (Phi) is 5.59. The molecule has 1 saturated carbocycles. The van der Waals surface area contributed by atoms with E-state index in [1.807, 2.05) is 4.90 Å². The lowest BCUT2D eigenvalue weighted by Gasteiger charge is -2.34. The molecule has 2 atom stereocenters. The van der Waals surface area contributed by atoms with Gasteiger partial charge in [-0.15, -0.1) is 12.4 Å². The van der Waals surface area contributed by atoms with Crippen LogP contribution in [0.25, 0.3) is 0 Å². The molecule has 1 aliphatic carbocycles.